The van der Waals surface area contributed by atoms with Crippen molar-refractivity contribution in [3.05, 3.63) is 64.4 Å². The Labute approximate surface area is 132 Å². The molecule has 0 aliphatic heterocycles. The predicted octanol–water partition coefficient (Wildman–Crippen LogP) is 2.67. The van der Waals surface area contributed by atoms with E-state index in [9.17, 15) is 4.39 Å². The fourth-order valence-corrected chi connectivity index (χ4v) is 1.81. The van der Waals surface area contributed by atoms with Crippen molar-refractivity contribution in [3.8, 4) is 5.75 Å². The van der Waals surface area contributed by atoms with Gasteiger partial charge in [-0.2, -0.15) is 5.10 Å². The van der Waals surface area contributed by atoms with Crippen LogP contribution in [0, 0.1) is 5.82 Å². The molecular weight excluding hydrogens is 307 g/mol. The summed E-state index contributed by atoms with van der Waals surface area (Å²) in [6, 6.07) is 11.5. The maximum absolute atomic E-state index is 13.7. The Morgan fingerprint density at radius 2 is 2.05 bits per heavy atom. The lowest BCUT2D eigenvalue weighted by atomic mass is 10.2. The number of halogens is 2. The van der Waals surface area contributed by atoms with Gasteiger partial charge >= 0.3 is 0 Å². The second-order valence-electron chi connectivity index (χ2n) is 4.37. The highest BCUT2D eigenvalue weighted by atomic mass is 35.5. The summed E-state index contributed by atoms with van der Waals surface area (Å²) in [5, 5.41) is 7.56. The van der Waals surface area contributed by atoms with E-state index in [0.717, 1.165) is 5.56 Å². The van der Waals surface area contributed by atoms with Gasteiger partial charge in [-0.3, -0.25) is 0 Å². The van der Waals surface area contributed by atoms with Crippen LogP contribution in [0.1, 0.15) is 11.1 Å². The van der Waals surface area contributed by atoms with Gasteiger partial charge in [-0.05, 0) is 29.8 Å². The molecule has 0 saturated heterocycles. The molecule has 0 unspecified atom stereocenters. The smallest absolute Gasteiger partial charge is 0.211 e. The van der Waals surface area contributed by atoms with Gasteiger partial charge in [-0.1, -0.05) is 29.8 Å². The van der Waals surface area contributed by atoms with Gasteiger partial charge in [0.25, 0.3) is 0 Å². The molecule has 0 spiro atoms. The molecule has 114 valence electrons. The largest absolute Gasteiger partial charge is 0.489 e. The summed E-state index contributed by atoms with van der Waals surface area (Å²) in [5.74, 6) is 0.0443. The van der Waals surface area contributed by atoms with Crippen LogP contribution in [-0.2, 0) is 6.61 Å². The first-order valence-corrected chi connectivity index (χ1v) is 6.71. The number of nitrogens with two attached hydrogens (primary N) is 2. The summed E-state index contributed by atoms with van der Waals surface area (Å²) >= 11 is 5.70. The minimum Gasteiger partial charge on any atom is -0.489 e. The molecule has 2 aromatic rings. The summed E-state index contributed by atoms with van der Waals surface area (Å²) in [6.45, 7) is 0.0947. The first kappa shape index (κ1) is 15.8. The van der Waals surface area contributed by atoms with Crippen molar-refractivity contribution in [2.75, 3.05) is 0 Å². The Bertz CT molecular complexity index is 714. The van der Waals surface area contributed by atoms with Gasteiger partial charge < -0.3 is 16.2 Å². The number of rotatable bonds is 5. The van der Waals surface area contributed by atoms with Crippen molar-refractivity contribution in [2.24, 2.45) is 21.7 Å². The molecule has 0 aliphatic rings. The number of nitrogens with zero attached hydrogens (tertiary/aromatic N) is 2. The molecule has 0 heterocycles. The van der Waals surface area contributed by atoms with Crippen molar-refractivity contribution in [3.63, 3.8) is 0 Å². The lowest BCUT2D eigenvalue weighted by Gasteiger charge is -2.08. The van der Waals surface area contributed by atoms with Gasteiger partial charge in [0.2, 0.25) is 5.96 Å². The van der Waals surface area contributed by atoms with E-state index in [-0.39, 0.29) is 12.6 Å². The van der Waals surface area contributed by atoms with Crippen LogP contribution in [0.4, 0.5) is 4.39 Å². The molecule has 0 aliphatic carbocycles. The maximum Gasteiger partial charge on any atom is 0.211 e. The second-order valence-corrected chi connectivity index (χ2v) is 4.80. The van der Waals surface area contributed by atoms with E-state index in [1.54, 1.807) is 30.3 Å². The van der Waals surface area contributed by atoms with Crippen molar-refractivity contribution in [1.29, 1.82) is 0 Å². The Hall–Kier alpha value is -2.60. The predicted molar refractivity (Wildman–Crippen MR) is 85.6 cm³/mol. The van der Waals surface area contributed by atoms with E-state index in [2.05, 4.69) is 10.2 Å². The van der Waals surface area contributed by atoms with Crippen LogP contribution in [0.2, 0.25) is 5.02 Å². The lowest BCUT2D eigenvalue weighted by molar-refractivity contribution is 0.300. The highest BCUT2D eigenvalue weighted by molar-refractivity contribution is 6.30. The summed E-state index contributed by atoms with van der Waals surface area (Å²) in [5.41, 5.74) is 11.5. The average molecular weight is 321 g/mol. The number of hydrogen-bond acceptors (Lipinski definition) is 3. The topological polar surface area (TPSA) is 86.0 Å². The van der Waals surface area contributed by atoms with Crippen LogP contribution in [0.3, 0.4) is 0 Å². The zero-order chi connectivity index (χ0) is 15.9. The Kier molecular flexibility index (Phi) is 5.32. The molecule has 2 rings (SSSR count). The normalized spacial score (nSPS) is 10.6. The number of benzene rings is 2. The summed E-state index contributed by atoms with van der Waals surface area (Å²) < 4.78 is 19.2. The zero-order valence-electron chi connectivity index (χ0n) is 11.5. The Morgan fingerprint density at radius 3 is 2.77 bits per heavy atom. The van der Waals surface area contributed by atoms with E-state index in [1.807, 2.05) is 6.07 Å². The highest BCUT2D eigenvalue weighted by Gasteiger charge is 2.04. The fraction of sp³-hybridized carbons (Fsp3) is 0.0667. The van der Waals surface area contributed by atoms with Crippen LogP contribution in [0.25, 0.3) is 0 Å². The van der Waals surface area contributed by atoms with Crippen molar-refractivity contribution in [1.82, 2.24) is 0 Å². The van der Waals surface area contributed by atoms with Crippen LogP contribution < -0.4 is 16.2 Å². The zero-order valence-corrected chi connectivity index (χ0v) is 12.3. The third-order valence-electron chi connectivity index (χ3n) is 2.65. The van der Waals surface area contributed by atoms with Crippen LogP contribution >= 0.6 is 11.6 Å². The molecule has 0 radical (unpaired) electrons. The van der Waals surface area contributed by atoms with Gasteiger partial charge in [0.15, 0.2) is 0 Å². The quantitative estimate of drug-likeness (QED) is 0.504. The SMILES string of the molecule is NC(N)=NN=Cc1cccc(OCc2ccc(Cl)cc2F)c1. The monoisotopic (exact) mass is 320 g/mol. The molecule has 0 fully saturated rings. The summed E-state index contributed by atoms with van der Waals surface area (Å²) in [4.78, 5) is 0. The van der Waals surface area contributed by atoms with Gasteiger partial charge in [-0.25, -0.2) is 4.39 Å². The van der Waals surface area contributed by atoms with Crippen molar-refractivity contribution < 1.29 is 9.13 Å². The lowest BCUT2D eigenvalue weighted by Crippen LogP contribution is -2.21. The third kappa shape index (κ3) is 4.75. The van der Waals surface area contributed by atoms with Gasteiger partial charge in [0.1, 0.15) is 18.2 Å². The van der Waals surface area contributed by atoms with E-state index in [4.69, 9.17) is 27.8 Å². The van der Waals surface area contributed by atoms with Crippen molar-refractivity contribution in [2.45, 2.75) is 6.61 Å². The van der Waals surface area contributed by atoms with Gasteiger partial charge in [0, 0.05) is 10.6 Å². The van der Waals surface area contributed by atoms with Crippen molar-refractivity contribution >= 4 is 23.8 Å². The fourth-order valence-electron chi connectivity index (χ4n) is 1.65. The first-order valence-electron chi connectivity index (χ1n) is 6.33. The standard InChI is InChI=1S/C15H14ClFN4O/c16-12-5-4-11(14(17)7-12)9-22-13-3-1-2-10(6-13)8-20-21-15(18)19/h1-8H,9H2,(H4,18,19,21). The van der Waals surface area contributed by atoms with Crippen LogP contribution in [-0.4, -0.2) is 12.2 Å². The molecule has 2 aromatic carbocycles. The molecule has 5 nitrogen and oxygen atoms in total. The number of hydrogen-bond donors (Lipinski definition) is 2. The molecule has 22 heavy (non-hydrogen) atoms. The first-order chi connectivity index (χ1) is 10.5. The molecule has 4 N–H and O–H groups in total. The average Bonchev–Trinajstić information content (AvgIpc) is 2.46. The minimum atomic E-state index is -0.405. The Balaban J connectivity index is 2.04. The summed E-state index contributed by atoms with van der Waals surface area (Å²) in [7, 11) is 0. The van der Waals surface area contributed by atoms with E-state index >= 15 is 0 Å². The number of ether oxygens (including phenoxy) is 1. The minimum absolute atomic E-state index is 0.0947. The third-order valence-corrected chi connectivity index (χ3v) is 2.88. The Morgan fingerprint density at radius 1 is 1.23 bits per heavy atom. The molecule has 0 aromatic heterocycles. The molecule has 7 heteroatoms. The molecule has 0 bridgehead atoms. The van der Waals surface area contributed by atoms with Crippen LogP contribution in [0.15, 0.2) is 52.7 Å². The van der Waals surface area contributed by atoms with Gasteiger partial charge in [-0.15, -0.1) is 5.10 Å². The maximum atomic E-state index is 13.7. The molecule has 0 atom stereocenters. The molecule has 0 saturated carbocycles. The number of guanidine groups is 1. The van der Waals surface area contributed by atoms with E-state index < -0.39 is 5.82 Å². The molecule has 0 amide bonds. The second kappa shape index (κ2) is 7.42. The van der Waals surface area contributed by atoms with E-state index in [1.165, 1.54) is 12.3 Å². The van der Waals surface area contributed by atoms with Gasteiger partial charge in [0.05, 0.1) is 6.21 Å². The highest BCUT2D eigenvalue weighted by Crippen LogP contribution is 2.18. The molecular formula is C15H14ClFN4O. The summed E-state index contributed by atoms with van der Waals surface area (Å²) in [6.07, 6.45) is 1.48. The van der Waals surface area contributed by atoms with E-state index in [0.29, 0.717) is 16.3 Å². The van der Waals surface area contributed by atoms with Crippen LogP contribution in [0.5, 0.6) is 5.75 Å².